The van der Waals surface area contributed by atoms with Gasteiger partial charge in [-0.25, -0.2) is 14.6 Å². The summed E-state index contributed by atoms with van der Waals surface area (Å²) in [5.74, 6) is 0.464. The van der Waals surface area contributed by atoms with Crippen molar-refractivity contribution in [3.8, 4) is 0 Å². The van der Waals surface area contributed by atoms with E-state index in [1.165, 1.54) is 0 Å². The molecule has 0 aromatic carbocycles. The second kappa shape index (κ2) is 6.84. The number of amides is 1. The molecule has 0 saturated carbocycles. The molecule has 7 nitrogen and oxygen atoms in total. The van der Waals surface area contributed by atoms with Crippen molar-refractivity contribution in [1.82, 2.24) is 30.4 Å². The van der Waals surface area contributed by atoms with E-state index in [4.69, 9.17) is 5.10 Å². The first-order chi connectivity index (χ1) is 11.4. The van der Waals surface area contributed by atoms with Gasteiger partial charge in [0.15, 0.2) is 5.65 Å². The normalized spacial score (nSPS) is 18.2. The Hall–Kier alpha value is -2.02. The van der Waals surface area contributed by atoms with Crippen LogP contribution in [0.25, 0.3) is 11.2 Å². The van der Waals surface area contributed by atoms with Crippen LogP contribution in [0.3, 0.4) is 0 Å². The SMILES string of the molecule is CC(C)(C)CC(=O)NCCn1nc([C@H]2CCNC2)c2nccnc21. The number of carbonyl (C=O) groups excluding carboxylic acids is 1. The number of carbonyl (C=O) groups is 1. The van der Waals surface area contributed by atoms with Crippen molar-refractivity contribution in [3.05, 3.63) is 18.1 Å². The van der Waals surface area contributed by atoms with Crippen molar-refractivity contribution >= 4 is 17.1 Å². The average Bonchev–Trinajstić information content (AvgIpc) is 3.13. The van der Waals surface area contributed by atoms with E-state index in [0.717, 1.165) is 36.4 Å². The van der Waals surface area contributed by atoms with Crippen LogP contribution in [0.1, 0.15) is 45.2 Å². The van der Waals surface area contributed by atoms with Gasteiger partial charge < -0.3 is 10.6 Å². The van der Waals surface area contributed by atoms with Crippen molar-refractivity contribution in [1.29, 1.82) is 0 Å². The summed E-state index contributed by atoms with van der Waals surface area (Å²) in [5.41, 5.74) is 2.69. The largest absolute Gasteiger partial charge is 0.354 e. The lowest BCUT2D eigenvalue weighted by molar-refractivity contribution is -0.122. The summed E-state index contributed by atoms with van der Waals surface area (Å²) < 4.78 is 1.87. The summed E-state index contributed by atoms with van der Waals surface area (Å²) >= 11 is 0. The number of nitrogens with zero attached hydrogens (tertiary/aromatic N) is 4. The molecule has 24 heavy (non-hydrogen) atoms. The number of fused-ring (bicyclic) bond motifs is 1. The van der Waals surface area contributed by atoms with Crippen LogP contribution in [0.15, 0.2) is 12.4 Å². The topological polar surface area (TPSA) is 84.7 Å². The molecule has 1 saturated heterocycles. The van der Waals surface area contributed by atoms with Gasteiger partial charge in [-0.15, -0.1) is 0 Å². The molecule has 130 valence electrons. The van der Waals surface area contributed by atoms with E-state index in [1.54, 1.807) is 12.4 Å². The molecule has 1 aliphatic rings. The van der Waals surface area contributed by atoms with Gasteiger partial charge in [-0.2, -0.15) is 5.10 Å². The Morgan fingerprint density at radius 3 is 2.88 bits per heavy atom. The summed E-state index contributed by atoms with van der Waals surface area (Å²) in [6.07, 6.45) is 5.00. The van der Waals surface area contributed by atoms with Gasteiger partial charge in [-0.1, -0.05) is 20.8 Å². The molecule has 1 atom stereocenters. The van der Waals surface area contributed by atoms with Crippen molar-refractivity contribution in [2.75, 3.05) is 19.6 Å². The van der Waals surface area contributed by atoms with Gasteiger partial charge in [0.2, 0.25) is 5.91 Å². The first-order valence-electron chi connectivity index (χ1n) is 8.59. The Morgan fingerprint density at radius 2 is 2.17 bits per heavy atom. The third-order valence-electron chi connectivity index (χ3n) is 4.18. The molecule has 0 radical (unpaired) electrons. The van der Waals surface area contributed by atoms with E-state index in [0.29, 0.717) is 25.4 Å². The van der Waals surface area contributed by atoms with Crippen molar-refractivity contribution in [2.24, 2.45) is 5.41 Å². The summed E-state index contributed by atoms with van der Waals surface area (Å²) in [6.45, 7) is 9.28. The second-order valence-corrected chi connectivity index (χ2v) is 7.61. The molecule has 0 aliphatic carbocycles. The molecule has 2 aromatic heterocycles. The van der Waals surface area contributed by atoms with Crippen molar-refractivity contribution < 1.29 is 4.79 Å². The highest BCUT2D eigenvalue weighted by Gasteiger charge is 2.24. The maximum atomic E-state index is 11.9. The highest BCUT2D eigenvalue weighted by Crippen LogP contribution is 2.26. The molecule has 3 rings (SSSR count). The van der Waals surface area contributed by atoms with Crippen LogP contribution in [0.2, 0.25) is 0 Å². The fourth-order valence-corrected chi connectivity index (χ4v) is 3.09. The fraction of sp³-hybridized carbons (Fsp3) is 0.647. The molecule has 2 N–H and O–H groups in total. The van der Waals surface area contributed by atoms with Crippen LogP contribution in [0.4, 0.5) is 0 Å². The van der Waals surface area contributed by atoms with Gasteiger partial charge >= 0.3 is 0 Å². The second-order valence-electron chi connectivity index (χ2n) is 7.61. The van der Waals surface area contributed by atoms with Crippen LogP contribution in [-0.4, -0.2) is 45.3 Å². The van der Waals surface area contributed by atoms with E-state index in [2.05, 4.69) is 41.4 Å². The lowest BCUT2D eigenvalue weighted by Gasteiger charge is -2.17. The fourth-order valence-electron chi connectivity index (χ4n) is 3.09. The standard InChI is InChI=1S/C17H26N6O/c1-17(2,3)10-13(24)19-8-9-23-16-15(20-6-7-21-16)14(22-23)12-4-5-18-11-12/h6-7,12,18H,4-5,8-11H2,1-3H3,(H,19,24)/t12-/m0/s1. The molecule has 0 bridgehead atoms. The molecular weight excluding hydrogens is 304 g/mol. The van der Waals surface area contributed by atoms with Gasteiger partial charge in [0.25, 0.3) is 0 Å². The Morgan fingerprint density at radius 1 is 1.38 bits per heavy atom. The van der Waals surface area contributed by atoms with Gasteiger partial charge in [-0.3, -0.25) is 4.79 Å². The van der Waals surface area contributed by atoms with Crippen molar-refractivity contribution in [2.45, 2.75) is 46.1 Å². The number of hydrogen-bond donors (Lipinski definition) is 2. The first-order valence-corrected chi connectivity index (χ1v) is 8.59. The molecule has 3 heterocycles. The van der Waals surface area contributed by atoms with Gasteiger partial charge in [0.1, 0.15) is 5.52 Å². The predicted molar refractivity (Wildman–Crippen MR) is 92.6 cm³/mol. The molecule has 1 fully saturated rings. The summed E-state index contributed by atoms with van der Waals surface area (Å²) in [6, 6.07) is 0. The number of hydrogen-bond acceptors (Lipinski definition) is 5. The predicted octanol–water partition coefficient (Wildman–Crippen LogP) is 1.46. The maximum Gasteiger partial charge on any atom is 0.220 e. The van der Waals surface area contributed by atoms with E-state index >= 15 is 0 Å². The van der Waals surface area contributed by atoms with Gasteiger partial charge in [0, 0.05) is 37.8 Å². The smallest absolute Gasteiger partial charge is 0.220 e. The highest BCUT2D eigenvalue weighted by atomic mass is 16.1. The van der Waals surface area contributed by atoms with Gasteiger partial charge in [0.05, 0.1) is 12.2 Å². The quantitative estimate of drug-likeness (QED) is 0.867. The average molecular weight is 330 g/mol. The van der Waals surface area contributed by atoms with E-state index in [1.807, 2.05) is 4.68 Å². The van der Waals surface area contributed by atoms with E-state index in [9.17, 15) is 4.79 Å². The molecular formula is C17H26N6O. The zero-order chi connectivity index (χ0) is 17.2. The summed E-state index contributed by atoms with van der Waals surface area (Å²) in [7, 11) is 0. The maximum absolute atomic E-state index is 11.9. The molecule has 0 spiro atoms. The minimum atomic E-state index is -0.00337. The number of rotatable bonds is 5. The van der Waals surface area contributed by atoms with Crippen molar-refractivity contribution in [3.63, 3.8) is 0 Å². The lowest BCUT2D eigenvalue weighted by atomic mass is 9.92. The molecule has 2 aromatic rings. The van der Waals surface area contributed by atoms with Crippen LogP contribution >= 0.6 is 0 Å². The van der Waals surface area contributed by atoms with Crippen LogP contribution in [-0.2, 0) is 11.3 Å². The number of nitrogens with one attached hydrogen (secondary N) is 2. The van der Waals surface area contributed by atoms with Crippen LogP contribution in [0, 0.1) is 5.41 Å². The molecule has 1 amide bonds. The zero-order valence-electron chi connectivity index (χ0n) is 14.7. The van der Waals surface area contributed by atoms with E-state index < -0.39 is 0 Å². The Balaban J connectivity index is 1.69. The Kier molecular flexibility index (Phi) is 4.80. The summed E-state index contributed by atoms with van der Waals surface area (Å²) in [5, 5.41) is 11.1. The van der Waals surface area contributed by atoms with E-state index in [-0.39, 0.29) is 11.3 Å². The minimum absolute atomic E-state index is 0.00337. The van der Waals surface area contributed by atoms with Crippen LogP contribution < -0.4 is 10.6 Å². The summed E-state index contributed by atoms with van der Waals surface area (Å²) in [4.78, 5) is 20.9. The molecule has 1 aliphatic heterocycles. The third-order valence-corrected chi connectivity index (χ3v) is 4.18. The zero-order valence-corrected chi connectivity index (χ0v) is 14.7. The molecule has 7 heteroatoms. The highest BCUT2D eigenvalue weighted by molar-refractivity contribution is 5.76. The Labute approximate surface area is 142 Å². The lowest BCUT2D eigenvalue weighted by Crippen LogP contribution is -2.30. The third kappa shape index (κ3) is 3.90. The minimum Gasteiger partial charge on any atom is -0.354 e. The first kappa shape index (κ1) is 16.8. The Bertz CT molecular complexity index is 711. The van der Waals surface area contributed by atoms with Crippen LogP contribution in [0.5, 0.6) is 0 Å². The monoisotopic (exact) mass is 330 g/mol. The number of aromatic nitrogens is 4. The molecule has 0 unspecified atom stereocenters. The van der Waals surface area contributed by atoms with Gasteiger partial charge in [-0.05, 0) is 18.4 Å².